The van der Waals surface area contributed by atoms with Crippen molar-refractivity contribution in [1.82, 2.24) is 25.2 Å². The highest BCUT2D eigenvalue weighted by atomic mass is 79.9. The molecule has 0 aliphatic heterocycles. The van der Waals surface area contributed by atoms with Gasteiger partial charge in [0.25, 0.3) is 5.89 Å². The lowest BCUT2D eigenvalue weighted by atomic mass is 10.4. The standard InChI is InChI=1S/C11H9Br2N5O2/c1-6(12)7-4-18(17-14-7)5-10-15-16-11(20-10)8-2-3-9(13)19-8/h2-4,6H,5H2,1H3. The van der Waals surface area contributed by atoms with Crippen LogP contribution < -0.4 is 0 Å². The largest absolute Gasteiger partial charge is 0.444 e. The maximum atomic E-state index is 5.52. The second kappa shape index (κ2) is 5.49. The van der Waals surface area contributed by atoms with Gasteiger partial charge in [-0.3, -0.25) is 0 Å². The minimum absolute atomic E-state index is 0.148. The smallest absolute Gasteiger partial charge is 0.283 e. The normalized spacial score (nSPS) is 12.8. The van der Waals surface area contributed by atoms with E-state index in [-0.39, 0.29) is 4.83 Å². The van der Waals surface area contributed by atoms with Crippen LogP contribution >= 0.6 is 31.9 Å². The van der Waals surface area contributed by atoms with Crippen LogP contribution in [0.1, 0.15) is 23.3 Å². The number of alkyl halides is 1. The third kappa shape index (κ3) is 2.83. The van der Waals surface area contributed by atoms with Crippen LogP contribution in [0.25, 0.3) is 11.7 Å². The van der Waals surface area contributed by atoms with Gasteiger partial charge in [-0.25, -0.2) is 4.68 Å². The Morgan fingerprint density at radius 3 is 2.75 bits per heavy atom. The summed E-state index contributed by atoms with van der Waals surface area (Å²) in [6, 6.07) is 3.52. The fourth-order valence-corrected chi connectivity index (χ4v) is 2.07. The van der Waals surface area contributed by atoms with E-state index in [1.54, 1.807) is 16.8 Å². The number of halogens is 2. The molecule has 0 aromatic carbocycles. The maximum absolute atomic E-state index is 5.52. The quantitative estimate of drug-likeness (QED) is 0.623. The van der Waals surface area contributed by atoms with E-state index in [1.807, 2.05) is 13.1 Å². The molecular formula is C11H9Br2N5O2. The maximum Gasteiger partial charge on any atom is 0.283 e. The number of aromatic nitrogens is 5. The van der Waals surface area contributed by atoms with Crippen molar-refractivity contribution in [3.8, 4) is 11.7 Å². The fraction of sp³-hybridized carbons (Fsp3) is 0.273. The van der Waals surface area contributed by atoms with Crippen molar-refractivity contribution in [3.05, 3.63) is 34.6 Å². The van der Waals surface area contributed by atoms with Crippen molar-refractivity contribution in [3.63, 3.8) is 0 Å². The molecule has 0 bridgehead atoms. The molecular weight excluding hydrogens is 394 g/mol. The van der Waals surface area contributed by atoms with Crippen molar-refractivity contribution in [1.29, 1.82) is 0 Å². The molecule has 20 heavy (non-hydrogen) atoms. The Hall–Kier alpha value is -1.48. The molecule has 1 unspecified atom stereocenters. The van der Waals surface area contributed by atoms with Gasteiger partial charge in [-0.15, -0.1) is 15.3 Å². The van der Waals surface area contributed by atoms with Crippen LogP contribution in [0, 0.1) is 0 Å². The summed E-state index contributed by atoms with van der Waals surface area (Å²) in [7, 11) is 0. The van der Waals surface area contributed by atoms with Gasteiger partial charge in [0.05, 0.1) is 16.7 Å². The van der Waals surface area contributed by atoms with E-state index >= 15 is 0 Å². The molecule has 3 heterocycles. The molecule has 3 aromatic rings. The summed E-state index contributed by atoms with van der Waals surface area (Å²) < 4.78 is 13.1. The van der Waals surface area contributed by atoms with E-state index in [2.05, 4.69) is 52.4 Å². The molecule has 0 saturated carbocycles. The van der Waals surface area contributed by atoms with Crippen molar-refractivity contribution in [2.24, 2.45) is 0 Å². The lowest BCUT2D eigenvalue weighted by molar-refractivity contribution is 0.451. The van der Waals surface area contributed by atoms with E-state index in [4.69, 9.17) is 8.83 Å². The van der Waals surface area contributed by atoms with Gasteiger partial charge < -0.3 is 8.83 Å². The second-order valence-corrected chi connectivity index (χ2v) is 6.22. The average Bonchev–Trinajstić information content (AvgIpc) is 3.09. The number of hydrogen-bond acceptors (Lipinski definition) is 6. The average molecular weight is 403 g/mol. The monoisotopic (exact) mass is 401 g/mol. The van der Waals surface area contributed by atoms with Crippen LogP contribution in [0.2, 0.25) is 0 Å². The van der Waals surface area contributed by atoms with Gasteiger partial charge in [-0.05, 0) is 35.0 Å². The molecule has 0 spiro atoms. The summed E-state index contributed by atoms with van der Waals surface area (Å²) in [6.07, 6.45) is 1.83. The minimum Gasteiger partial charge on any atom is -0.444 e. The van der Waals surface area contributed by atoms with Gasteiger partial charge >= 0.3 is 0 Å². The number of furan rings is 1. The van der Waals surface area contributed by atoms with E-state index < -0.39 is 0 Å². The first kappa shape index (κ1) is 13.5. The van der Waals surface area contributed by atoms with E-state index in [1.165, 1.54) is 0 Å². The van der Waals surface area contributed by atoms with Gasteiger partial charge in [-0.2, -0.15) is 0 Å². The number of rotatable bonds is 4. The topological polar surface area (TPSA) is 82.8 Å². The van der Waals surface area contributed by atoms with Crippen LogP contribution in [-0.4, -0.2) is 25.2 Å². The van der Waals surface area contributed by atoms with Gasteiger partial charge in [0.2, 0.25) is 5.89 Å². The van der Waals surface area contributed by atoms with Crippen LogP contribution in [0.3, 0.4) is 0 Å². The molecule has 104 valence electrons. The van der Waals surface area contributed by atoms with Crippen molar-refractivity contribution < 1.29 is 8.83 Å². The van der Waals surface area contributed by atoms with Crippen LogP contribution in [-0.2, 0) is 6.54 Å². The molecule has 0 saturated heterocycles. The zero-order valence-electron chi connectivity index (χ0n) is 10.3. The zero-order chi connectivity index (χ0) is 14.1. The Kier molecular flexibility index (Phi) is 3.70. The number of hydrogen-bond donors (Lipinski definition) is 0. The van der Waals surface area contributed by atoms with Gasteiger partial charge in [0.15, 0.2) is 10.4 Å². The fourth-order valence-electron chi connectivity index (χ4n) is 1.56. The molecule has 0 N–H and O–H groups in total. The van der Waals surface area contributed by atoms with Crippen LogP contribution in [0.15, 0.2) is 31.8 Å². The van der Waals surface area contributed by atoms with Crippen LogP contribution in [0.5, 0.6) is 0 Å². The zero-order valence-corrected chi connectivity index (χ0v) is 13.5. The van der Waals surface area contributed by atoms with E-state index in [0.29, 0.717) is 28.8 Å². The van der Waals surface area contributed by atoms with Gasteiger partial charge in [0, 0.05) is 0 Å². The van der Waals surface area contributed by atoms with Crippen molar-refractivity contribution in [2.45, 2.75) is 18.3 Å². The number of nitrogens with zero attached hydrogens (tertiary/aromatic N) is 5. The molecule has 0 radical (unpaired) electrons. The first-order chi connectivity index (χ1) is 9.61. The SMILES string of the molecule is CC(Br)c1cn(Cc2nnc(-c3ccc(Br)o3)o2)nn1. The van der Waals surface area contributed by atoms with E-state index in [9.17, 15) is 0 Å². The summed E-state index contributed by atoms with van der Waals surface area (Å²) in [4.78, 5) is 0.148. The molecule has 3 aromatic heterocycles. The lowest BCUT2D eigenvalue weighted by Gasteiger charge is -1.94. The predicted octanol–water partition coefficient (Wildman–Crippen LogP) is 3.19. The highest BCUT2D eigenvalue weighted by molar-refractivity contribution is 9.10. The highest BCUT2D eigenvalue weighted by Crippen LogP contribution is 2.24. The molecule has 0 amide bonds. The van der Waals surface area contributed by atoms with Crippen molar-refractivity contribution >= 4 is 31.9 Å². The third-order valence-electron chi connectivity index (χ3n) is 2.51. The molecule has 7 nitrogen and oxygen atoms in total. The summed E-state index contributed by atoms with van der Waals surface area (Å²) in [5.74, 6) is 1.29. The van der Waals surface area contributed by atoms with Crippen LogP contribution in [0.4, 0.5) is 0 Å². The Morgan fingerprint density at radius 2 is 2.10 bits per heavy atom. The second-order valence-electron chi connectivity index (χ2n) is 4.06. The summed E-state index contributed by atoms with van der Waals surface area (Å²) >= 11 is 6.66. The molecule has 0 aliphatic rings. The Labute approximate surface area is 130 Å². The summed E-state index contributed by atoms with van der Waals surface area (Å²) in [5.41, 5.74) is 0.847. The predicted molar refractivity (Wildman–Crippen MR) is 76.2 cm³/mol. The molecule has 0 aliphatic carbocycles. The molecule has 0 fully saturated rings. The van der Waals surface area contributed by atoms with Crippen molar-refractivity contribution in [2.75, 3.05) is 0 Å². The summed E-state index contributed by atoms with van der Waals surface area (Å²) in [6.45, 7) is 2.34. The molecule has 3 rings (SSSR count). The lowest BCUT2D eigenvalue weighted by Crippen LogP contribution is -2.00. The Morgan fingerprint density at radius 1 is 1.25 bits per heavy atom. The Bertz CT molecular complexity index is 718. The third-order valence-corrected chi connectivity index (χ3v) is 3.41. The van der Waals surface area contributed by atoms with Gasteiger partial charge in [-0.1, -0.05) is 21.1 Å². The highest BCUT2D eigenvalue weighted by Gasteiger charge is 2.13. The first-order valence-electron chi connectivity index (χ1n) is 5.74. The first-order valence-corrected chi connectivity index (χ1v) is 7.45. The van der Waals surface area contributed by atoms with Gasteiger partial charge in [0.1, 0.15) is 6.54 Å². The summed E-state index contributed by atoms with van der Waals surface area (Å²) in [5, 5.41) is 15.9. The van der Waals surface area contributed by atoms with E-state index in [0.717, 1.165) is 5.69 Å². The minimum atomic E-state index is 0.148. The molecule has 1 atom stereocenters. The molecule has 9 heteroatoms. The Balaban J connectivity index is 1.76.